The summed E-state index contributed by atoms with van der Waals surface area (Å²) in [5.41, 5.74) is 0.711. The number of carbonyl (C=O) groups is 1. The summed E-state index contributed by atoms with van der Waals surface area (Å²) in [7, 11) is 4.21. The maximum Gasteiger partial charge on any atom is 0.212 e. The van der Waals surface area contributed by atoms with Gasteiger partial charge >= 0.3 is 0 Å². The van der Waals surface area contributed by atoms with Gasteiger partial charge in [-0.3, -0.25) is 4.79 Å². The number of morpholine rings is 1. The zero-order valence-corrected chi connectivity index (χ0v) is 15.3. The van der Waals surface area contributed by atoms with E-state index in [1.165, 1.54) is 19.4 Å². The lowest BCUT2D eigenvalue weighted by atomic mass is 10.3. The molecule has 0 unspecified atom stereocenters. The molecule has 8 heteroatoms. The lowest BCUT2D eigenvalue weighted by molar-refractivity contribution is -0.105. The van der Waals surface area contributed by atoms with Crippen molar-refractivity contribution in [2.45, 2.75) is 19.8 Å². The molecule has 3 rings (SSSR count). The normalized spacial score (nSPS) is 14.3. The lowest BCUT2D eigenvalue weighted by Gasteiger charge is -2.29. The summed E-state index contributed by atoms with van der Waals surface area (Å²) in [5.74, 6) is 1.44. The molecule has 3 heterocycles. The van der Waals surface area contributed by atoms with Crippen LogP contribution < -0.4 is 10.2 Å². The Labute approximate surface area is 148 Å². The van der Waals surface area contributed by atoms with Crippen LogP contribution in [0.3, 0.4) is 0 Å². The highest BCUT2D eigenvalue weighted by molar-refractivity contribution is 5.72. The van der Waals surface area contributed by atoms with Crippen LogP contribution in [0.4, 0.5) is 11.6 Å². The summed E-state index contributed by atoms with van der Waals surface area (Å²) >= 11 is 0. The Hall–Kier alpha value is -2.19. The number of ether oxygens (including phenoxy) is 1. The second-order valence-corrected chi connectivity index (χ2v) is 6.12. The largest absolute Gasteiger partial charge is 0.378 e. The number of anilines is 2. The van der Waals surface area contributed by atoms with Gasteiger partial charge in [0.05, 0.1) is 19.4 Å². The van der Waals surface area contributed by atoms with Gasteiger partial charge in [0, 0.05) is 25.2 Å². The van der Waals surface area contributed by atoms with E-state index in [-0.39, 0.29) is 0 Å². The van der Waals surface area contributed by atoms with E-state index in [1.807, 2.05) is 6.07 Å². The Morgan fingerprint density at radius 2 is 2.12 bits per heavy atom. The van der Waals surface area contributed by atoms with Gasteiger partial charge in [0.2, 0.25) is 6.41 Å². The van der Waals surface area contributed by atoms with Crippen molar-refractivity contribution in [2.24, 2.45) is 0 Å². The van der Waals surface area contributed by atoms with Gasteiger partial charge in [-0.2, -0.15) is 9.61 Å². The van der Waals surface area contributed by atoms with E-state index >= 15 is 0 Å². The van der Waals surface area contributed by atoms with E-state index in [2.05, 4.69) is 46.2 Å². The van der Waals surface area contributed by atoms with Crippen molar-refractivity contribution in [1.82, 2.24) is 19.5 Å². The van der Waals surface area contributed by atoms with Gasteiger partial charge in [-0.1, -0.05) is 13.3 Å². The quantitative estimate of drug-likeness (QED) is 0.797. The van der Waals surface area contributed by atoms with E-state index in [9.17, 15) is 4.79 Å². The molecule has 0 radical (unpaired) electrons. The van der Waals surface area contributed by atoms with Crippen LogP contribution >= 0.6 is 0 Å². The molecule has 8 nitrogen and oxygen atoms in total. The number of carbonyl (C=O) groups excluding carboxylic acids is 1. The molecule has 138 valence electrons. The second-order valence-electron chi connectivity index (χ2n) is 6.12. The average molecular weight is 348 g/mol. The summed E-state index contributed by atoms with van der Waals surface area (Å²) in [6.07, 6.45) is 4.94. The van der Waals surface area contributed by atoms with Crippen molar-refractivity contribution >= 4 is 23.7 Å². The van der Waals surface area contributed by atoms with Crippen LogP contribution in [-0.4, -0.2) is 72.9 Å². The number of unbranched alkanes of at least 4 members (excludes halogenated alkanes) is 1. The van der Waals surface area contributed by atoms with Crippen molar-refractivity contribution in [3.8, 4) is 0 Å². The smallest absolute Gasteiger partial charge is 0.212 e. The van der Waals surface area contributed by atoms with Gasteiger partial charge in [0.15, 0.2) is 5.65 Å². The molecule has 1 saturated heterocycles. The summed E-state index contributed by atoms with van der Waals surface area (Å²) in [4.78, 5) is 19.2. The fraction of sp³-hybridized carbons (Fsp3) is 0.588. The standard InChI is InChI=1S/C11H13N5O2.C6H15N/c17-8-12-9-7-11(15-3-5-18-6-4-15)16-10(14-9)1-2-13-16;1-4-5-6-7(2)3/h1-2,7-8H,3-6H2,(H,12,14,17);4-6H2,1-3H3. The molecule has 0 spiro atoms. The van der Waals surface area contributed by atoms with Gasteiger partial charge in [-0.05, 0) is 27.1 Å². The highest BCUT2D eigenvalue weighted by atomic mass is 16.5. The van der Waals surface area contributed by atoms with Crippen LogP contribution in [0.5, 0.6) is 0 Å². The first-order valence-electron chi connectivity index (χ1n) is 8.68. The molecule has 2 aromatic heterocycles. The van der Waals surface area contributed by atoms with E-state index < -0.39 is 0 Å². The molecule has 0 atom stereocenters. The fourth-order valence-electron chi connectivity index (χ4n) is 2.52. The van der Waals surface area contributed by atoms with Gasteiger partial charge in [0.25, 0.3) is 0 Å². The first-order chi connectivity index (χ1) is 12.2. The van der Waals surface area contributed by atoms with Gasteiger partial charge in [-0.15, -0.1) is 0 Å². The molecule has 1 aliphatic heterocycles. The van der Waals surface area contributed by atoms with Crippen LogP contribution in [0, 0.1) is 0 Å². The molecule has 1 N–H and O–H groups in total. The zero-order chi connectivity index (χ0) is 18.1. The van der Waals surface area contributed by atoms with Crippen LogP contribution in [0.1, 0.15) is 19.8 Å². The predicted molar refractivity (Wildman–Crippen MR) is 99.2 cm³/mol. The van der Waals surface area contributed by atoms with E-state index in [1.54, 1.807) is 16.8 Å². The highest BCUT2D eigenvalue weighted by Crippen LogP contribution is 2.20. The van der Waals surface area contributed by atoms with Crippen molar-refractivity contribution in [3.63, 3.8) is 0 Å². The van der Waals surface area contributed by atoms with E-state index in [0.717, 1.165) is 18.9 Å². The van der Waals surface area contributed by atoms with E-state index in [0.29, 0.717) is 31.1 Å². The maximum atomic E-state index is 10.5. The molecule has 1 fully saturated rings. The first kappa shape index (κ1) is 19.1. The zero-order valence-electron chi connectivity index (χ0n) is 15.3. The number of nitrogens with one attached hydrogen (secondary N) is 1. The van der Waals surface area contributed by atoms with Gasteiger partial charge < -0.3 is 19.9 Å². The molecular weight excluding hydrogens is 320 g/mol. The molecular formula is C17H28N6O2. The van der Waals surface area contributed by atoms with Crippen molar-refractivity contribution in [1.29, 1.82) is 0 Å². The molecule has 0 bridgehead atoms. The molecule has 1 amide bonds. The second kappa shape index (κ2) is 9.95. The number of aromatic nitrogens is 3. The summed E-state index contributed by atoms with van der Waals surface area (Å²) in [6.45, 7) is 6.45. The summed E-state index contributed by atoms with van der Waals surface area (Å²) in [6, 6.07) is 3.62. The number of amides is 1. The maximum absolute atomic E-state index is 10.5. The third-order valence-electron chi connectivity index (χ3n) is 3.84. The molecule has 0 saturated carbocycles. The van der Waals surface area contributed by atoms with Gasteiger partial charge in [0.1, 0.15) is 11.6 Å². The SMILES string of the molecule is CCCCN(C)C.O=CNc1cc(N2CCOCC2)n2nccc2n1. The minimum atomic E-state index is 0.527. The average Bonchev–Trinajstić information content (AvgIpc) is 3.09. The number of hydrogen-bond donors (Lipinski definition) is 1. The predicted octanol–water partition coefficient (Wildman–Crippen LogP) is 1.48. The van der Waals surface area contributed by atoms with Gasteiger partial charge in [-0.25, -0.2) is 4.98 Å². The Balaban J connectivity index is 0.000000277. The minimum absolute atomic E-state index is 0.527. The topological polar surface area (TPSA) is 75.0 Å². The Morgan fingerprint density at radius 3 is 2.72 bits per heavy atom. The lowest BCUT2D eigenvalue weighted by Crippen LogP contribution is -2.37. The Bertz CT molecular complexity index is 652. The summed E-state index contributed by atoms with van der Waals surface area (Å²) < 4.78 is 7.10. The monoisotopic (exact) mass is 348 g/mol. The third-order valence-corrected chi connectivity index (χ3v) is 3.84. The number of hydrogen-bond acceptors (Lipinski definition) is 6. The molecule has 2 aromatic rings. The van der Waals surface area contributed by atoms with Crippen LogP contribution in [0.25, 0.3) is 5.65 Å². The number of rotatable bonds is 6. The minimum Gasteiger partial charge on any atom is -0.378 e. The number of nitrogens with zero attached hydrogens (tertiary/aromatic N) is 5. The molecule has 0 aromatic carbocycles. The third kappa shape index (κ3) is 5.68. The Morgan fingerprint density at radius 1 is 1.36 bits per heavy atom. The van der Waals surface area contributed by atoms with E-state index in [4.69, 9.17) is 4.74 Å². The van der Waals surface area contributed by atoms with Crippen molar-refractivity contribution < 1.29 is 9.53 Å². The van der Waals surface area contributed by atoms with Crippen LogP contribution in [-0.2, 0) is 9.53 Å². The van der Waals surface area contributed by atoms with Crippen molar-refractivity contribution in [2.75, 3.05) is 57.2 Å². The molecule has 25 heavy (non-hydrogen) atoms. The Kier molecular flexibility index (Phi) is 7.62. The number of fused-ring (bicyclic) bond motifs is 1. The van der Waals surface area contributed by atoms with Crippen LogP contribution in [0.15, 0.2) is 18.3 Å². The highest BCUT2D eigenvalue weighted by Gasteiger charge is 2.16. The molecule has 1 aliphatic rings. The van der Waals surface area contributed by atoms with Crippen molar-refractivity contribution in [3.05, 3.63) is 18.3 Å². The first-order valence-corrected chi connectivity index (χ1v) is 8.68. The van der Waals surface area contributed by atoms with Crippen LogP contribution in [0.2, 0.25) is 0 Å². The molecule has 0 aliphatic carbocycles. The summed E-state index contributed by atoms with van der Waals surface area (Å²) in [5, 5.41) is 6.83. The fourth-order valence-corrected chi connectivity index (χ4v) is 2.52.